The van der Waals surface area contributed by atoms with Crippen LogP contribution in [-0.4, -0.2) is 4.98 Å². The van der Waals surface area contributed by atoms with E-state index in [0.717, 1.165) is 16.1 Å². The van der Waals surface area contributed by atoms with Crippen molar-refractivity contribution in [3.63, 3.8) is 0 Å². The van der Waals surface area contributed by atoms with E-state index in [1.165, 1.54) is 17.4 Å². The molecule has 1 aromatic carbocycles. The van der Waals surface area contributed by atoms with Gasteiger partial charge >= 0.3 is 0 Å². The highest BCUT2D eigenvalue weighted by Gasteiger charge is 2.07. The zero-order valence-electron chi connectivity index (χ0n) is 8.63. The minimum Gasteiger partial charge on any atom is -0.375 e. The summed E-state index contributed by atoms with van der Waals surface area (Å²) in [4.78, 5) is 5.22. The predicted octanol–water partition coefficient (Wildman–Crippen LogP) is 3.42. The number of nitrogens with two attached hydrogens (primary N) is 1. The van der Waals surface area contributed by atoms with Crippen LogP contribution in [0.5, 0.6) is 0 Å². The average Bonchev–Trinajstić information content (AvgIpc) is 2.51. The Hall–Kier alpha value is -1.13. The Morgan fingerprint density at radius 3 is 2.81 bits per heavy atom. The molecule has 84 valence electrons. The van der Waals surface area contributed by atoms with Gasteiger partial charge in [-0.2, -0.15) is 0 Å². The van der Waals surface area contributed by atoms with Crippen molar-refractivity contribution in [2.45, 2.75) is 13.3 Å². The van der Waals surface area contributed by atoms with E-state index in [0.29, 0.717) is 11.6 Å². The van der Waals surface area contributed by atoms with Gasteiger partial charge in [-0.05, 0) is 24.6 Å². The Morgan fingerprint density at radius 1 is 1.50 bits per heavy atom. The van der Waals surface area contributed by atoms with E-state index < -0.39 is 5.82 Å². The van der Waals surface area contributed by atoms with Gasteiger partial charge in [-0.3, -0.25) is 0 Å². The molecule has 0 aliphatic rings. The molecule has 0 aliphatic carbocycles. The second-order valence-corrected chi connectivity index (χ2v) is 5.01. The van der Waals surface area contributed by atoms with Crippen molar-refractivity contribution in [3.05, 3.63) is 45.2 Å². The Labute approximate surface area is 102 Å². The first-order valence-electron chi connectivity index (χ1n) is 4.72. The molecule has 1 aromatic heterocycles. The number of rotatable bonds is 2. The van der Waals surface area contributed by atoms with Crippen LogP contribution < -0.4 is 5.73 Å². The summed E-state index contributed by atoms with van der Waals surface area (Å²) in [5.41, 5.74) is 7.48. The number of nitrogens with zero attached hydrogens (tertiary/aromatic N) is 1. The van der Waals surface area contributed by atoms with Crippen LogP contribution in [0.15, 0.2) is 18.2 Å². The molecule has 0 aliphatic heterocycles. The van der Waals surface area contributed by atoms with Gasteiger partial charge in [0.05, 0.1) is 10.7 Å². The van der Waals surface area contributed by atoms with E-state index >= 15 is 0 Å². The molecule has 0 radical (unpaired) electrons. The number of aryl methyl sites for hydroxylation is 1. The Bertz CT molecular complexity index is 525. The summed E-state index contributed by atoms with van der Waals surface area (Å²) >= 11 is 7.16. The summed E-state index contributed by atoms with van der Waals surface area (Å²) in [7, 11) is 0. The van der Waals surface area contributed by atoms with Crippen LogP contribution in [0.2, 0.25) is 5.02 Å². The lowest BCUT2D eigenvalue weighted by atomic mass is 10.1. The first-order valence-corrected chi connectivity index (χ1v) is 5.91. The van der Waals surface area contributed by atoms with Gasteiger partial charge in [0.2, 0.25) is 0 Å². The van der Waals surface area contributed by atoms with Crippen LogP contribution in [0.3, 0.4) is 0 Å². The fourth-order valence-electron chi connectivity index (χ4n) is 1.45. The van der Waals surface area contributed by atoms with Gasteiger partial charge in [0, 0.05) is 11.3 Å². The standard InChI is InChI=1S/C11H10ClFN2S/c1-6-10(16-11(14)15-6)5-7-2-3-9(13)8(12)4-7/h2-4H,5H2,1H3,(H2,14,15). The van der Waals surface area contributed by atoms with Crippen LogP contribution in [-0.2, 0) is 6.42 Å². The van der Waals surface area contributed by atoms with E-state index in [2.05, 4.69) is 4.98 Å². The molecule has 0 saturated carbocycles. The van der Waals surface area contributed by atoms with Crippen molar-refractivity contribution in [3.8, 4) is 0 Å². The molecule has 2 rings (SSSR count). The van der Waals surface area contributed by atoms with Gasteiger partial charge in [-0.25, -0.2) is 9.37 Å². The van der Waals surface area contributed by atoms with E-state index in [4.69, 9.17) is 17.3 Å². The molecule has 1 heterocycles. The maximum absolute atomic E-state index is 13.0. The summed E-state index contributed by atoms with van der Waals surface area (Å²) in [6, 6.07) is 4.72. The quantitative estimate of drug-likeness (QED) is 0.894. The first kappa shape index (κ1) is 11.4. The summed E-state index contributed by atoms with van der Waals surface area (Å²) < 4.78 is 13.0. The highest BCUT2D eigenvalue weighted by atomic mass is 35.5. The lowest BCUT2D eigenvalue weighted by Gasteiger charge is -2.01. The maximum atomic E-state index is 13.0. The van der Waals surface area contributed by atoms with Gasteiger partial charge in [-0.15, -0.1) is 11.3 Å². The van der Waals surface area contributed by atoms with Crippen molar-refractivity contribution in [2.75, 3.05) is 5.73 Å². The Balaban J connectivity index is 2.27. The molecule has 0 atom stereocenters. The molecule has 2 aromatic rings. The van der Waals surface area contributed by atoms with Gasteiger partial charge in [-0.1, -0.05) is 17.7 Å². The van der Waals surface area contributed by atoms with Crippen LogP contribution >= 0.6 is 22.9 Å². The lowest BCUT2D eigenvalue weighted by Crippen LogP contribution is -1.89. The molecular weight excluding hydrogens is 247 g/mol. The molecular formula is C11H10ClFN2S. The van der Waals surface area contributed by atoms with Crippen molar-refractivity contribution in [1.82, 2.24) is 4.98 Å². The molecule has 0 amide bonds. The van der Waals surface area contributed by atoms with Crippen LogP contribution in [0.4, 0.5) is 9.52 Å². The fourth-order valence-corrected chi connectivity index (χ4v) is 2.52. The molecule has 2 N–H and O–H groups in total. The summed E-state index contributed by atoms with van der Waals surface area (Å²) in [5.74, 6) is -0.397. The highest BCUT2D eigenvalue weighted by Crippen LogP contribution is 2.24. The largest absolute Gasteiger partial charge is 0.375 e. The Morgan fingerprint density at radius 2 is 2.25 bits per heavy atom. The fraction of sp³-hybridized carbons (Fsp3) is 0.182. The number of anilines is 1. The predicted molar refractivity (Wildman–Crippen MR) is 65.5 cm³/mol. The lowest BCUT2D eigenvalue weighted by molar-refractivity contribution is 0.627. The van der Waals surface area contributed by atoms with Crippen molar-refractivity contribution < 1.29 is 4.39 Å². The molecule has 2 nitrogen and oxygen atoms in total. The van der Waals surface area contributed by atoms with Gasteiger partial charge in [0.25, 0.3) is 0 Å². The minimum atomic E-state index is -0.397. The summed E-state index contributed by atoms with van der Waals surface area (Å²) in [6.07, 6.45) is 0.681. The maximum Gasteiger partial charge on any atom is 0.180 e. The third kappa shape index (κ3) is 2.33. The van der Waals surface area contributed by atoms with E-state index in [9.17, 15) is 4.39 Å². The molecule has 0 unspecified atom stereocenters. The van der Waals surface area contributed by atoms with Crippen molar-refractivity contribution in [2.24, 2.45) is 0 Å². The smallest absolute Gasteiger partial charge is 0.180 e. The summed E-state index contributed by atoms with van der Waals surface area (Å²) in [6.45, 7) is 1.91. The summed E-state index contributed by atoms with van der Waals surface area (Å²) in [5, 5.41) is 0.702. The van der Waals surface area contributed by atoms with Gasteiger partial charge in [0.15, 0.2) is 5.13 Å². The van der Waals surface area contributed by atoms with E-state index in [1.54, 1.807) is 12.1 Å². The number of hydrogen-bond acceptors (Lipinski definition) is 3. The van der Waals surface area contributed by atoms with E-state index in [-0.39, 0.29) is 5.02 Å². The average molecular weight is 257 g/mol. The van der Waals surface area contributed by atoms with Crippen LogP contribution in [0.1, 0.15) is 16.1 Å². The number of aromatic nitrogens is 1. The van der Waals surface area contributed by atoms with Crippen molar-refractivity contribution >= 4 is 28.1 Å². The van der Waals surface area contributed by atoms with Crippen molar-refractivity contribution in [1.29, 1.82) is 0 Å². The molecule has 16 heavy (non-hydrogen) atoms. The minimum absolute atomic E-state index is 0.146. The van der Waals surface area contributed by atoms with E-state index in [1.807, 2.05) is 6.92 Å². The molecule has 0 spiro atoms. The highest BCUT2D eigenvalue weighted by molar-refractivity contribution is 7.15. The number of nitrogen functional groups attached to an aromatic ring is 1. The monoisotopic (exact) mass is 256 g/mol. The second-order valence-electron chi connectivity index (χ2n) is 3.49. The second kappa shape index (κ2) is 4.39. The number of benzene rings is 1. The molecule has 0 fully saturated rings. The number of hydrogen-bond donors (Lipinski definition) is 1. The van der Waals surface area contributed by atoms with Crippen LogP contribution in [0, 0.1) is 12.7 Å². The van der Waals surface area contributed by atoms with Crippen LogP contribution in [0.25, 0.3) is 0 Å². The van der Waals surface area contributed by atoms with Gasteiger partial charge in [0.1, 0.15) is 5.82 Å². The normalized spacial score (nSPS) is 10.7. The molecule has 5 heteroatoms. The third-order valence-corrected chi connectivity index (χ3v) is 3.53. The first-order chi connectivity index (χ1) is 7.56. The zero-order chi connectivity index (χ0) is 11.7. The third-order valence-electron chi connectivity index (χ3n) is 2.26. The Kier molecular flexibility index (Phi) is 3.12. The molecule has 0 saturated heterocycles. The zero-order valence-corrected chi connectivity index (χ0v) is 10.2. The SMILES string of the molecule is Cc1nc(N)sc1Cc1ccc(F)c(Cl)c1. The number of halogens is 2. The topological polar surface area (TPSA) is 38.9 Å². The number of thiazole rings is 1. The molecule has 0 bridgehead atoms. The van der Waals surface area contributed by atoms with Gasteiger partial charge < -0.3 is 5.73 Å².